The lowest BCUT2D eigenvalue weighted by Crippen LogP contribution is -2.39. The minimum atomic E-state index is -3.46. The second kappa shape index (κ2) is 7.93. The average Bonchev–Trinajstić information content (AvgIpc) is 3.12. The minimum absolute atomic E-state index is 0.329. The zero-order chi connectivity index (χ0) is 19.6. The van der Waals surface area contributed by atoms with Crippen molar-refractivity contribution in [3.8, 4) is 5.75 Å². The summed E-state index contributed by atoms with van der Waals surface area (Å²) < 4.78 is 35.0. The predicted molar refractivity (Wildman–Crippen MR) is 109 cm³/mol. The van der Waals surface area contributed by atoms with E-state index in [0.717, 1.165) is 30.4 Å². The number of para-hydroxylation sites is 2. The second-order valence-corrected chi connectivity index (χ2v) is 9.08. The summed E-state index contributed by atoms with van der Waals surface area (Å²) in [5.41, 5.74) is 2.13. The highest BCUT2D eigenvalue weighted by Gasteiger charge is 2.29. The molecule has 0 unspecified atom stereocenters. The first-order valence-corrected chi connectivity index (χ1v) is 11.1. The maximum absolute atomic E-state index is 12.9. The number of fused-ring (bicyclic) bond motifs is 1. The summed E-state index contributed by atoms with van der Waals surface area (Å²) in [6.45, 7) is 4.43. The summed E-state index contributed by atoms with van der Waals surface area (Å²) in [5.74, 6) is 1.14. The van der Waals surface area contributed by atoms with Gasteiger partial charge in [0.05, 0.1) is 28.9 Å². The molecule has 6 nitrogen and oxygen atoms in total. The van der Waals surface area contributed by atoms with E-state index in [1.165, 1.54) is 0 Å². The standard InChI is InChI=1S/C21H25N3O3S/c1-2-27-18-7-9-19(10-8-18)28(25,26)24-13-11-17(12-14-24)15-23-16-22-20-5-3-4-6-21(20)23/h3-10,16-17H,2,11-15H2,1H3. The number of ether oxygens (including phenoxy) is 1. The maximum Gasteiger partial charge on any atom is 0.243 e. The van der Waals surface area contributed by atoms with Gasteiger partial charge in [0.2, 0.25) is 10.0 Å². The van der Waals surface area contributed by atoms with Gasteiger partial charge in [-0.05, 0) is 62.1 Å². The summed E-state index contributed by atoms with van der Waals surface area (Å²) >= 11 is 0. The highest BCUT2D eigenvalue weighted by Crippen LogP contribution is 2.27. The molecule has 0 atom stereocenters. The Morgan fingerprint density at radius 1 is 1.07 bits per heavy atom. The SMILES string of the molecule is CCOc1ccc(S(=O)(=O)N2CCC(Cn3cnc4ccccc43)CC2)cc1. The van der Waals surface area contributed by atoms with Crippen molar-refractivity contribution in [3.63, 3.8) is 0 Å². The van der Waals surface area contributed by atoms with Crippen LogP contribution in [0.3, 0.4) is 0 Å². The first-order valence-electron chi connectivity index (χ1n) is 9.71. The molecule has 1 aromatic heterocycles. The highest BCUT2D eigenvalue weighted by molar-refractivity contribution is 7.89. The Bertz CT molecular complexity index is 1040. The molecule has 1 aliphatic rings. The van der Waals surface area contributed by atoms with Gasteiger partial charge in [0.15, 0.2) is 0 Å². The van der Waals surface area contributed by atoms with Gasteiger partial charge >= 0.3 is 0 Å². The normalized spacial score (nSPS) is 16.5. The molecule has 148 valence electrons. The summed E-state index contributed by atoms with van der Waals surface area (Å²) in [5, 5.41) is 0. The van der Waals surface area contributed by atoms with Gasteiger partial charge < -0.3 is 9.30 Å². The van der Waals surface area contributed by atoms with Crippen LogP contribution >= 0.6 is 0 Å². The molecule has 0 amide bonds. The van der Waals surface area contributed by atoms with Gasteiger partial charge in [0, 0.05) is 19.6 Å². The number of piperidine rings is 1. The van der Waals surface area contributed by atoms with E-state index < -0.39 is 10.0 Å². The topological polar surface area (TPSA) is 64.4 Å². The van der Waals surface area contributed by atoms with E-state index in [2.05, 4.69) is 15.6 Å². The molecule has 0 saturated carbocycles. The van der Waals surface area contributed by atoms with Gasteiger partial charge in [0.1, 0.15) is 5.75 Å². The summed E-state index contributed by atoms with van der Waals surface area (Å²) in [6, 6.07) is 14.8. The Balaban J connectivity index is 1.40. The third kappa shape index (κ3) is 3.77. The molecule has 28 heavy (non-hydrogen) atoms. The van der Waals surface area contributed by atoms with Crippen LogP contribution in [-0.2, 0) is 16.6 Å². The highest BCUT2D eigenvalue weighted by atomic mass is 32.2. The number of sulfonamides is 1. The molecular formula is C21H25N3O3S. The van der Waals surface area contributed by atoms with E-state index in [4.69, 9.17) is 4.74 Å². The Kier molecular flexibility index (Phi) is 5.37. The Labute approximate surface area is 165 Å². The van der Waals surface area contributed by atoms with E-state index >= 15 is 0 Å². The van der Waals surface area contributed by atoms with Crippen LogP contribution in [-0.4, -0.2) is 42.0 Å². The molecule has 2 heterocycles. The molecule has 3 aromatic rings. The molecule has 7 heteroatoms. The number of aromatic nitrogens is 2. The smallest absolute Gasteiger partial charge is 0.243 e. The zero-order valence-electron chi connectivity index (χ0n) is 16.0. The fourth-order valence-electron chi connectivity index (χ4n) is 3.79. The van der Waals surface area contributed by atoms with Crippen LogP contribution in [0, 0.1) is 5.92 Å². The van der Waals surface area contributed by atoms with Crippen molar-refractivity contribution in [3.05, 3.63) is 54.9 Å². The van der Waals surface area contributed by atoms with E-state index in [-0.39, 0.29) is 0 Å². The fourth-order valence-corrected chi connectivity index (χ4v) is 5.26. The first kappa shape index (κ1) is 19.0. The van der Waals surface area contributed by atoms with Crippen LogP contribution in [0.15, 0.2) is 59.8 Å². The minimum Gasteiger partial charge on any atom is -0.494 e. The number of imidazole rings is 1. The molecule has 1 saturated heterocycles. The Hall–Kier alpha value is -2.38. The zero-order valence-corrected chi connectivity index (χ0v) is 16.8. The number of hydrogen-bond donors (Lipinski definition) is 0. The molecule has 0 aliphatic carbocycles. The largest absolute Gasteiger partial charge is 0.494 e. The van der Waals surface area contributed by atoms with Crippen LogP contribution in [0.5, 0.6) is 5.75 Å². The lowest BCUT2D eigenvalue weighted by molar-refractivity contribution is 0.254. The lowest BCUT2D eigenvalue weighted by Gasteiger charge is -2.31. The molecule has 1 fully saturated rings. The third-order valence-corrected chi connectivity index (χ3v) is 7.24. The van der Waals surface area contributed by atoms with Crippen LogP contribution in [0.4, 0.5) is 0 Å². The van der Waals surface area contributed by atoms with E-state index in [0.29, 0.717) is 36.3 Å². The number of nitrogens with zero attached hydrogens (tertiary/aromatic N) is 3. The molecule has 4 rings (SSSR count). The van der Waals surface area contributed by atoms with Crippen molar-refractivity contribution in [2.75, 3.05) is 19.7 Å². The van der Waals surface area contributed by atoms with Gasteiger partial charge in [0.25, 0.3) is 0 Å². The van der Waals surface area contributed by atoms with Gasteiger partial charge in [-0.15, -0.1) is 0 Å². The van der Waals surface area contributed by atoms with Crippen LogP contribution in [0.1, 0.15) is 19.8 Å². The Morgan fingerprint density at radius 3 is 2.50 bits per heavy atom. The molecular weight excluding hydrogens is 374 g/mol. The number of benzene rings is 2. The van der Waals surface area contributed by atoms with E-state index in [1.807, 2.05) is 31.5 Å². The predicted octanol–water partition coefficient (Wildman–Crippen LogP) is 3.54. The number of hydrogen-bond acceptors (Lipinski definition) is 4. The second-order valence-electron chi connectivity index (χ2n) is 7.14. The summed E-state index contributed by atoms with van der Waals surface area (Å²) in [6.07, 6.45) is 3.58. The fraction of sp³-hybridized carbons (Fsp3) is 0.381. The van der Waals surface area contributed by atoms with Crippen LogP contribution in [0.25, 0.3) is 11.0 Å². The van der Waals surface area contributed by atoms with E-state index in [9.17, 15) is 8.42 Å². The quantitative estimate of drug-likeness (QED) is 0.636. The van der Waals surface area contributed by atoms with Crippen molar-refractivity contribution in [1.29, 1.82) is 0 Å². The average molecular weight is 400 g/mol. The van der Waals surface area contributed by atoms with Crippen LogP contribution in [0.2, 0.25) is 0 Å². The van der Waals surface area contributed by atoms with Crippen LogP contribution < -0.4 is 4.74 Å². The first-order chi connectivity index (χ1) is 13.6. The van der Waals surface area contributed by atoms with Crippen molar-refractivity contribution < 1.29 is 13.2 Å². The van der Waals surface area contributed by atoms with Gasteiger partial charge in [-0.25, -0.2) is 13.4 Å². The van der Waals surface area contributed by atoms with Crippen molar-refractivity contribution in [1.82, 2.24) is 13.9 Å². The molecule has 0 spiro atoms. The number of rotatable bonds is 6. The molecule has 0 N–H and O–H groups in total. The van der Waals surface area contributed by atoms with Gasteiger partial charge in [-0.2, -0.15) is 4.31 Å². The monoisotopic (exact) mass is 399 g/mol. The lowest BCUT2D eigenvalue weighted by atomic mass is 9.98. The maximum atomic E-state index is 12.9. The summed E-state index contributed by atoms with van der Waals surface area (Å²) in [4.78, 5) is 4.77. The molecule has 0 bridgehead atoms. The Morgan fingerprint density at radius 2 is 1.79 bits per heavy atom. The van der Waals surface area contributed by atoms with Crippen molar-refractivity contribution in [2.45, 2.75) is 31.2 Å². The molecule has 2 aromatic carbocycles. The van der Waals surface area contributed by atoms with Gasteiger partial charge in [-0.1, -0.05) is 12.1 Å². The molecule has 1 aliphatic heterocycles. The van der Waals surface area contributed by atoms with Crippen molar-refractivity contribution in [2.24, 2.45) is 5.92 Å². The molecule has 0 radical (unpaired) electrons. The summed E-state index contributed by atoms with van der Waals surface area (Å²) in [7, 11) is -3.46. The van der Waals surface area contributed by atoms with Gasteiger partial charge in [-0.3, -0.25) is 0 Å². The van der Waals surface area contributed by atoms with E-state index in [1.54, 1.807) is 28.6 Å². The van der Waals surface area contributed by atoms with Crippen molar-refractivity contribution >= 4 is 21.1 Å². The third-order valence-electron chi connectivity index (χ3n) is 5.33.